The number of benzene rings is 3. The minimum Gasteiger partial charge on any atom is -0.399 e. The van der Waals surface area contributed by atoms with E-state index in [0.717, 1.165) is 16.8 Å². The quantitative estimate of drug-likeness (QED) is 0.117. The third-order valence-electron chi connectivity index (χ3n) is 5.73. The molecule has 0 saturated heterocycles. The van der Waals surface area contributed by atoms with Gasteiger partial charge in [0.1, 0.15) is 12.4 Å². The van der Waals surface area contributed by atoms with Crippen LogP contribution in [0.15, 0.2) is 83.8 Å². The molecule has 1 amide bonds. The Morgan fingerprint density at radius 3 is 2.35 bits per heavy atom. The summed E-state index contributed by atoms with van der Waals surface area (Å²) in [4.78, 5) is 29.7. The van der Waals surface area contributed by atoms with Gasteiger partial charge in [0.15, 0.2) is 5.82 Å². The summed E-state index contributed by atoms with van der Waals surface area (Å²) in [6, 6.07) is 22.2. The number of nitrogens with zero attached hydrogens (tertiary/aromatic N) is 2. The molecule has 0 atom stereocenters. The SMILES string of the molecule is N=C(N)c1ccc(CNC(=O)Cn2c(-c3cc(N)cc(NCc4ccccc4)c3)cnc(N)c2=O)cc1. The van der Waals surface area contributed by atoms with Gasteiger partial charge in [-0.15, -0.1) is 0 Å². The maximum absolute atomic E-state index is 12.9. The van der Waals surface area contributed by atoms with Crippen LogP contribution in [0.3, 0.4) is 0 Å². The van der Waals surface area contributed by atoms with Gasteiger partial charge in [0.2, 0.25) is 5.91 Å². The summed E-state index contributed by atoms with van der Waals surface area (Å²) in [5, 5.41) is 13.6. The summed E-state index contributed by atoms with van der Waals surface area (Å²) >= 11 is 0. The van der Waals surface area contributed by atoms with Crippen LogP contribution in [0.2, 0.25) is 0 Å². The van der Waals surface area contributed by atoms with E-state index in [9.17, 15) is 9.59 Å². The molecule has 3 aromatic carbocycles. The van der Waals surface area contributed by atoms with E-state index >= 15 is 0 Å². The molecular formula is C27H28N8O2. The number of nitrogens with one attached hydrogen (secondary N) is 3. The second kappa shape index (κ2) is 11.1. The molecule has 10 heteroatoms. The van der Waals surface area contributed by atoms with Crippen LogP contribution >= 0.6 is 0 Å². The molecule has 9 N–H and O–H groups in total. The minimum atomic E-state index is -0.570. The van der Waals surface area contributed by atoms with Gasteiger partial charge in [-0.05, 0) is 29.3 Å². The molecule has 0 radical (unpaired) electrons. The van der Waals surface area contributed by atoms with E-state index in [2.05, 4.69) is 15.6 Å². The number of carbonyl (C=O) groups excluding carboxylic acids is 1. The van der Waals surface area contributed by atoms with Gasteiger partial charge in [0.25, 0.3) is 5.56 Å². The molecule has 1 heterocycles. The Labute approximate surface area is 213 Å². The van der Waals surface area contributed by atoms with E-state index < -0.39 is 5.56 Å². The fourth-order valence-corrected chi connectivity index (χ4v) is 3.79. The van der Waals surface area contributed by atoms with Crippen LogP contribution in [-0.2, 0) is 24.4 Å². The van der Waals surface area contributed by atoms with E-state index in [1.165, 1.54) is 10.8 Å². The summed E-state index contributed by atoms with van der Waals surface area (Å²) in [7, 11) is 0. The average molecular weight is 497 g/mol. The summed E-state index contributed by atoms with van der Waals surface area (Å²) in [5.74, 6) is -0.614. The van der Waals surface area contributed by atoms with Crippen molar-refractivity contribution in [3.8, 4) is 11.3 Å². The molecule has 37 heavy (non-hydrogen) atoms. The van der Waals surface area contributed by atoms with Gasteiger partial charge in [-0.1, -0.05) is 54.6 Å². The zero-order valence-electron chi connectivity index (χ0n) is 20.1. The smallest absolute Gasteiger partial charge is 0.294 e. The lowest BCUT2D eigenvalue weighted by atomic mass is 10.1. The van der Waals surface area contributed by atoms with Crippen LogP contribution in [0.5, 0.6) is 0 Å². The Bertz CT molecular complexity index is 1480. The number of hydrogen-bond acceptors (Lipinski definition) is 7. The predicted octanol–water partition coefficient (Wildman–Crippen LogP) is 2.29. The standard InChI is InChI=1S/C27H28N8O2/c28-21-10-20(11-22(12-21)32-13-17-4-2-1-3-5-17)23-15-34-26(31)27(37)35(23)16-24(36)33-14-18-6-8-19(9-7-18)25(29)30/h1-12,15,32H,13-14,16,28H2,(H3,29,30)(H2,31,34)(H,33,36). The zero-order valence-corrected chi connectivity index (χ0v) is 20.1. The Balaban J connectivity index is 1.53. The van der Waals surface area contributed by atoms with Crippen molar-refractivity contribution in [2.24, 2.45) is 5.73 Å². The molecule has 0 aliphatic heterocycles. The van der Waals surface area contributed by atoms with E-state index in [0.29, 0.717) is 29.1 Å². The Kier molecular flexibility index (Phi) is 7.48. The van der Waals surface area contributed by atoms with Gasteiger partial charge in [0, 0.05) is 35.6 Å². The molecule has 4 rings (SSSR count). The highest BCUT2D eigenvalue weighted by atomic mass is 16.2. The zero-order chi connectivity index (χ0) is 26.4. The van der Waals surface area contributed by atoms with Crippen molar-refractivity contribution in [3.05, 3.63) is 106 Å². The summed E-state index contributed by atoms with van der Waals surface area (Å²) in [5.41, 5.74) is 21.6. The molecule has 0 spiro atoms. The lowest BCUT2D eigenvalue weighted by molar-refractivity contribution is -0.121. The van der Waals surface area contributed by atoms with Crippen LogP contribution in [0.1, 0.15) is 16.7 Å². The highest BCUT2D eigenvalue weighted by molar-refractivity contribution is 5.94. The number of carbonyl (C=O) groups is 1. The monoisotopic (exact) mass is 496 g/mol. The molecule has 0 fully saturated rings. The van der Waals surface area contributed by atoms with E-state index in [4.69, 9.17) is 22.6 Å². The number of aromatic nitrogens is 2. The first-order chi connectivity index (χ1) is 17.8. The second-order valence-electron chi connectivity index (χ2n) is 8.49. The molecule has 188 valence electrons. The van der Waals surface area contributed by atoms with E-state index in [1.54, 1.807) is 36.4 Å². The number of nitrogen functional groups attached to an aromatic ring is 3. The van der Waals surface area contributed by atoms with Crippen LogP contribution < -0.4 is 33.4 Å². The summed E-state index contributed by atoms with van der Waals surface area (Å²) in [6.45, 7) is 0.577. The lowest BCUT2D eigenvalue weighted by Crippen LogP contribution is -2.34. The third kappa shape index (κ3) is 6.31. The van der Waals surface area contributed by atoms with Gasteiger partial charge in [0.05, 0.1) is 11.9 Å². The van der Waals surface area contributed by atoms with Crippen molar-refractivity contribution in [2.75, 3.05) is 16.8 Å². The first-order valence-corrected chi connectivity index (χ1v) is 11.5. The topological polar surface area (TPSA) is 178 Å². The number of hydrogen-bond donors (Lipinski definition) is 6. The molecule has 0 aliphatic carbocycles. The van der Waals surface area contributed by atoms with Crippen molar-refractivity contribution in [1.29, 1.82) is 5.41 Å². The van der Waals surface area contributed by atoms with Gasteiger partial charge >= 0.3 is 0 Å². The molecule has 4 aromatic rings. The number of anilines is 3. The lowest BCUT2D eigenvalue weighted by Gasteiger charge is -2.15. The Hall–Kier alpha value is -5.12. The highest BCUT2D eigenvalue weighted by Crippen LogP contribution is 2.26. The number of amides is 1. The van der Waals surface area contributed by atoms with Gasteiger partial charge in [-0.3, -0.25) is 19.6 Å². The fourth-order valence-electron chi connectivity index (χ4n) is 3.79. The maximum atomic E-state index is 12.9. The van der Waals surface area contributed by atoms with Crippen molar-refractivity contribution in [2.45, 2.75) is 19.6 Å². The van der Waals surface area contributed by atoms with Gasteiger partial charge in [-0.2, -0.15) is 0 Å². The third-order valence-corrected chi connectivity index (χ3v) is 5.73. The van der Waals surface area contributed by atoms with Crippen molar-refractivity contribution < 1.29 is 4.79 Å². The van der Waals surface area contributed by atoms with Crippen LogP contribution in [-0.4, -0.2) is 21.3 Å². The molecule has 0 aliphatic rings. The minimum absolute atomic E-state index is 0.0299. The average Bonchev–Trinajstić information content (AvgIpc) is 2.89. The van der Waals surface area contributed by atoms with Crippen LogP contribution in [0.4, 0.5) is 17.2 Å². The maximum Gasteiger partial charge on any atom is 0.294 e. The van der Waals surface area contributed by atoms with Crippen molar-refractivity contribution >= 4 is 28.9 Å². The molecule has 0 unspecified atom stereocenters. The van der Waals surface area contributed by atoms with Gasteiger partial charge < -0.3 is 27.8 Å². The van der Waals surface area contributed by atoms with Crippen LogP contribution in [0.25, 0.3) is 11.3 Å². The Morgan fingerprint density at radius 2 is 1.65 bits per heavy atom. The fraction of sp³-hybridized carbons (Fsp3) is 0.111. The first-order valence-electron chi connectivity index (χ1n) is 11.5. The molecule has 0 bridgehead atoms. The van der Waals surface area contributed by atoms with Crippen molar-refractivity contribution in [3.63, 3.8) is 0 Å². The van der Waals surface area contributed by atoms with E-state index in [1.807, 2.05) is 36.4 Å². The second-order valence-corrected chi connectivity index (χ2v) is 8.49. The predicted molar refractivity (Wildman–Crippen MR) is 146 cm³/mol. The number of amidine groups is 1. The van der Waals surface area contributed by atoms with Gasteiger partial charge in [-0.25, -0.2) is 4.98 Å². The molecular weight excluding hydrogens is 468 g/mol. The molecule has 10 nitrogen and oxygen atoms in total. The molecule has 0 saturated carbocycles. The Morgan fingerprint density at radius 1 is 0.946 bits per heavy atom. The first kappa shape index (κ1) is 25.0. The highest BCUT2D eigenvalue weighted by Gasteiger charge is 2.15. The largest absolute Gasteiger partial charge is 0.399 e. The number of rotatable bonds is 9. The van der Waals surface area contributed by atoms with Crippen LogP contribution in [0, 0.1) is 5.41 Å². The van der Waals surface area contributed by atoms with Crippen molar-refractivity contribution in [1.82, 2.24) is 14.9 Å². The van der Waals surface area contributed by atoms with E-state index in [-0.39, 0.29) is 30.7 Å². The summed E-state index contributed by atoms with van der Waals surface area (Å²) < 4.78 is 1.28. The number of nitrogens with two attached hydrogens (primary N) is 3. The molecule has 1 aromatic heterocycles. The summed E-state index contributed by atoms with van der Waals surface area (Å²) in [6.07, 6.45) is 1.46. The normalized spacial score (nSPS) is 10.6.